The molecule has 0 spiro atoms. The quantitative estimate of drug-likeness (QED) is 0.554. The van der Waals surface area contributed by atoms with E-state index in [1.807, 2.05) is 0 Å². The van der Waals surface area contributed by atoms with E-state index in [1.54, 1.807) is 47.4 Å². The molecule has 29 heavy (non-hydrogen) atoms. The molecule has 2 aliphatic heterocycles. The van der Waals surface area contributed by atoms with Gasteiger partial charge in [0, 0.05) is 29.2 Å². The number of ketones is 1. The first kappa shape index (κ1) is 19.5. The van der Waals surface area contributed by atoms with E-state index in [4.69, 9.17) is 21.1 Å². The zero-order valence-corrected chi connectivity index (χ0v) is 16.5. The summed E-state index contributed by atoms with van der Waals surface area (Å²) in [5, 5.41) is 0.579. The molecule has 1 amide bonds. The van der Waals surface area contributed by atoms with Crippen LogP contribution < -0.4 is 9.64 Å². The highest BCUT2D eigenvalue weighted by molar-refractivity contribution is 6.30. The Kier molecular flexibility index (Phi) is 5.53. The molecule has 1 fully saturated rings. The second kappa shape index (κ2) is 8.25. The maximum Gasteiger partial charge on any atom is 0.313 e. The third kappa shape index (κ3) is 4.27. The van der Waals surface area contributed by atoms with Gasteiger partial charge in [0.05, 0.1) is 5.92 Å². The third-order valence-corrected chi connectivity index (χ3v) is 5.42. The third-order valence-electron chi connectivity index (χ3n) is 5.18. The van der Waals surface area contributed by atoms with Crippen LogP contribution in [0.5, 0.6) is 5.75 Å². The highest BCUT2D eigenvalue weighted by atomic mass is 35.5. The molecule has 1 atom stereocenters. The number of nitrogens with zero attached hydrogens (tertiary/aromatic N) is 1. The normalized spacial score (nSPS) is 18.2. The van der Waals surface area contributed by atoms with Crippen LogP contribution in [0.1, 0.15) is 28.8 Å². The average molecular weight is 414 g/mol. The van der Waals surface area contributed by atoms with Crippen molar-refractivity contribution in [3.63, 3.8) is 0 Å². The molecule has 2 heterocycles. The lowest BCUT2D eigenvalue weighted by molar-refractivity contribution is -0.148. The minimum atomic E-state index is -0.475. The molecule has 2 aromatic carbocycles. The smallest absolute Gasteiger partial charge is 0.313 e. The number of Topliss-reactive ketones (excluding diaryl/α,β-unsaturated/α-hetero) is 1. The fourth-order valence-corrected chi connectivity index (χ4v) is 3.80. The second-order valence-electron chi connectivity index (χ2n) is 7.19. The maximum atomic E-state index is 12.4. The number of ether oxygens (including phenoxy) is 2. The highest BCUT2D eigenvalue weighted by Crippen LogP contribution is 2.30. The molecule has 2 aromatic rings. The van der Waals surface area contributed by atoms with Gasteiger partial charge in [-0.1, -0.05) is 11.6 Å². The van der Waals surface area contributed by atoms with Crippen LogP contribution >= 0.6 is 11.6 Å². The van der Waals surface area contributed by atoms with Gasteiger partial charge in [0.1, 0.15) is 12.4 Å². The summed E-state index contributed by atoms with van der Waals surface area (Å²) < 4.78 is 10.8. The predicted molar refractivity (Wildman–Crippen MR) is 107 cm³/mol. The molecule has 0 unspecified atom stereocenters. The number of benzene rings is 2. The standard InChI is InChI=1S/C22H20ClNO5/c23-17-5-8-20-15(11-17)10-16(12-28-20)22(27)29-13-19(25)14-3-6-18(7-4-14)24-9-1-2-21(24)26/h3-8,11,16H,1-2,9-10,12-13H2/t16-/m1/s1. The first-order valence-corrected chi connectivity index (χ1v) is 9.90. The summed E-state index contributed by atoms with van der Waals surface area (Å²) in [5.41, 5.74) is 2.06. The summed E-state index contributed by atoms with van der Waals surface area (Å²) in [6.07, 6.45) is 1.86. The van der Waals surface area contributed by atoms with Gasteiger partial charge in [-0.25, -0.2) is 0 Å². The Labute approximate surface area is 173 Å². The number of anilines is 1. The molecule has 0 N–H and O–H groups in total. The number of fused-ring (bicyclic) bond motifs is 1. The number of amides is 1. The van der Waals surface area contributed by atoms with E-state index < -0.39 is 11.9 Å². The van der Waals surface area contributed by atoms with Crippen molar-refractivity contribution in [1.29, 1.82) is 0 Å². The van der Waals surface area contributed by atoms with E-state index >= 15 is 0 Å². The Bertz CT molecular complexity index is 956. The van der Waals surface area contributed by atoms with Crippen LogP contribution in [0.25, 0.3) is 0 Å². The Hall–Kier alpha value is -2.86. The zero-order chi connectivity index (χ0) is 20.4. The van der Waals surface area contributed by atoms with E-state index in [-0.39, 0.29) is 24.9 Å². The van der Waals surface area contributed by atoms with E-state index in [9.17, 15) is 14.4 Å². The van der Waals surface area contributed by atoms with Crippen molar-refractivity contribution in [3.8, 4) is 5.75 Å². The molecule has 6 nitrogen and oxygen atoms in total. The molecule has 4 rings (SSSR count). The van der Waals surface area contributed by atoms with Crippen molar-refractivity contribution in [2.75, 3.05) is 24.7 Å². The van der Waals surface area contributed by atoms with Gasteiger partial charge in [-0.2, -0.15) is 0 Å². The Morgan fingerprint density at radius 1 is 1.17 bits per heavy atom. The fraction of sp³-hybridized carbons (Fsp3) is 0.318. The van der Waals surface area contributed by atoms with Crippen LogP contribution in [-0.2, 0) is 20.7 Å². The minimum Gasteiger partial charge on any atom is -0.492 e. The molecular weight excluding hydrogens is 394 g/mol. The van der Waals surface area contributed by atoms with Crippen molar-refractivity contribution in [2.24, 2.45) is 5.92 Å². The maximum absolute atomic E-state index is 12.4. The van der Waals surface area contributed by atoms with Gasteiger partial charge in [-0.15, -0.1) is 0 Å². The lowest BCUT2D eigenvalue weighted by atomic mass is 9.97. The van der Waals surface area contributed by atoms with E-state index in [2.05, 4.69) is 0 Å². The largest absolute Gasteiger partial charge is 0.492 e. The summed E-state index contributed by atoms with van der Waals surface area (Å²) in [6.45, 7) is 0.571. The van der Waals surface area contributed by atoms with Gasteiger partial charge >= 0.3 is 5.97 Å². The van der Waals surface area contributed by atoms with Gasteiger partial charge in [-0.05, 0) is 60.9 Å². The average Bonchev–Trinajstić information content (AvgIpc) is 3.17. The molecule has 0 saturated carbocycles. The summed E-state index contributed by atoms with van der Waals surface area (Å²) in [6, 6.07) is 12.1. The van der Waals surface area contributed by atoms with E-state index in [0.29, 0.717) is 35.7 Å². The molecule has 150 valence electrons. The molecule has 0 radical (unpaired) electrons. The van der Waals surface area contributed by atoms with Gasteiger partial charge in [-0.3, -0.25) is 14.4 Å². The topological polar surface area (TPSA) is 72.9 Å². The molecule has 0 aliphatic carbocycles. The van der Waals surface area contributed by atoms with Gasteiger partial charge in [0.25, 0.3) is 0 Å². The van der Waals surface area contributed by atoms with Crippen molar-refractivity contribution in [1.82, 2.24) is 0 Å². The van der Waals surface area contributed by atoms with Crippen LogP contribution in [0.4, 0.5) is 5.69 Å². The van der Waals surface area contributed by atoms with Crippen LogP contribution in [0.3, 0.4) is 0 Å². The molecule has 2 aliphatic rings. The number of rotatable bonds is 5. The minimum absolute atomic E-state index is 0.0931. The number of halogens is 1. The number of hydrogen-bond acceptors (Lipinski definition) is 5. The first-order chi connectivity index (χ1) is 14.0. The Balaban J connectivity index is 1.32. The van der Waals surface area contributed by atoms with Gasteiger partial charge in [0.15, 0.2) is 12.4 Å². The van der Waals surface area contributed by atoms with Crippen LogP contribution in [0, 0.1) is 5.92 Å². The monoisotopic (exact) mass is 413 g/mol. The summed E-state index contributed by atoms with van der Waals surface area (Å²) in [5.74, 6) is -0.430. The van der Waals surface area contributed by atoms with Crippen molar-refractivity contribution in [2.45, 2.75) is 19.3 Å². The number of esters is 1. The number of hydrogen-bond donors (Lipinski definition) is 0. The van der Waals surface area contributed by atoms with Gasteiger partial charge < -0.3 is 14.4 Å². The highest BCUT2D eigenvalue weighted by Gasteiger charge is 2.28. The Morgan fingerprint density at radius 3 is 2.69 bits per heavy atom. The molecular formula is C22H20ClNO5. The molecule has 7 heteroatoms. The Morgan fingerprint density at radius 2 is 1.97 bits per heavy atom. The fourth-order valence-electron chi connectivity index (χ4n) is 3.60. The second-order valence-corrected chi connectivity index (χ2v) is 7.63. The molecule has 0 aromatic heterocycles. The predicted octanol–water partition coefficient (Wildman–Crippen LogP) is 3.44. The van der Waals surface area contributed by atoms with Crippen LogP contribution in [0.15, 0.2) is 42.5 Å². The van der Waals surface area contributed by atoms with Crippen LogP contribution in [0.2, 0.25) is 5.02 Å². The molecule has 0 bridgehead atoms. The van der Waals surface area contributed by atoms with E-state index in [1.165, 1.54) is 0 Å². The van der Waals surface area contributed by atoms with E-state index in [0.717, 1.165) is 17.7 Å². The summed E-state index contributed by atoms with van der Waals surface area (Å²) in [7, 11) is 0. The summed E-state index contributed by atoms with van der Waals surface area (Å²) >= 11 is 6.00. The zero-order valence-electron chi connectivity index (χ0n) is 15.7. The van der Waals surface area contributed by atoms with Crippen molar-refractivity contribution < 1.29 is 23.9 Å². The first-order valence-electron chi connectivity index (χ1n) is 9.53. The van der Waals surface area contributed by atoms with Crippen molar-refractivity contribution >= 4 is 34.9 Å². The number of carbonyl (C=O) groups excluding carboxylic acids is 3. The molecule has 1 saturated heterocycles. The SMILES string of the molecule is O=C(COC(=O)[C@H]1COc2ccc(Cl)cc2C1)c1ccc(N2CCCC2=O)cc1. The lowest BCUT2D eigenvalue weighted by Crippen LogP contribution is -2.31. The number of carbonyl (C=O) groups is 3. The van der Waals surface area contributed by atoms with Crippen molar-refractivity contribution in [3.05, 3.63) is 58.6 Å². The van der Waals surface area contributed by atoms with Gasteiger partial charge in [0.2, 0.25) is 5.91 Å². The van der Waals surface area contributed by atoms with Crippen LogP contribution in [-0.4, -0.2) is 37.4 Å². The lowest BCUT2D eigenvalue weighted by Gasteiger charge is -2.24. The summed E-state index contributed by atoms with van der Waals surface area (Å²) in [4.78, 5) is 38.2.